The molecule has 2 N–H and O–H groups in total. The molecule has 0 saturated carbocycles. The van der Waals surface area contributed by atoms with Gasteiger partial charge in [0.15, 0.2) is 0 Å². The molecule has 1 fully saturated rings. The smallest absolute Gasteiger partial charge is 0.224 e. The van der Waals surface area contributed by atoms with Crippen molar-refractivity contribution in [3.05, 3.63) is 22.4 Å². The zero-order valence-electron chi connectivity index (χ0n) is 10.6. The quantitative estimate of drug-likeness (QED) is 0.892. The largest absolute Gasteiger partial charge is 0.353 e. The van der Waals surface area contributed by atoms with Crippen LogP contribution >= 0.6 is 23.7 Å². The summed E-state index contributed by atoms with van der Waals surface area (Å²) in [7, 11) is 0. The summed E-state index contributed by atoms with van der Waals surface area (Å²) < 4.78 is 0. The Labute approximate surface area is 119 Å². The summed E-state index contributed by atoms with van der Waals surface area (Å²) >= 11 is 1.75. The molecule has 1 aliphatic heterocycles. The van der Waals surface area contributed by atoms with E-state index in [-0.39, 0.29) is 30.3 Å². The van der Waals surface area contributed by atoms with E-state index in [0.29, 0.717) is 0 Å². The van der Waals surface area contributed by atoms with E-state index in [1.165, 1.54) is 4.88 Å². The number of carbonyl (C=O) groups is 1. The molecule has 0 spiro atoms. The van der Waals surface area contributed by atoms with Gasteiger partial charge in [-0.25, -0.2) is 0 Å². The van der Waals surface area contributed by atoms with Crippen LogP contribution in [0, 0.1) is 5.92 Å². The molecule has 1 aliphatic rings. The van der Waals surface area contributed by atoms with Gasteiger partial charge in [-0.1, -0.05) is 6.07 Å². The molecule has 18 heavy (non-hydrogen) atoms. The fourth-order valence-corrected chi connectivity index (χ4v) is 3.05. The van der Waals surface area contributed by atoms with Crippen LogP contribution in [-0.4, -0.2) is 25.0 Å². The highest BCUT2D eigenvalue weighted by molar-refractivity contribution is 7.09. The first kappa shape index (κ1) is 15.5. The van der Waals surface area contributed by atoms with Gasteiger partial charge in [0.05, 0.1) is 5.92 Å². The van der Waals surface area contributed by atoms with Gasteiger partial charge in [0.2, 0.25) is 5.91 Å². The predicted octanol–water partition coefficient (Wildman–Crippen LogP) is 2.22. The maximum atomic E-state index is 12.0. The monoisotopic (exact) mass is 288 g/mol. The highest BCUT2D eigenvalue weighted by Gasteiger charge is 2.21. The summed E-state index contributed by atoms with van der Waals surface area (Å²) in [4.78, 5) is 13.3. The molecule has 0 radical (unpaired) electrons. The molecule has 1 saturated heterocycles. The molecule has 2 heterocycles. The molecule has 3 nitrogen and oxygen atoms in total. The van der Waals surface area contributed by atoms with Gasteiger partial charge in [0, 0.05) is 23.9 Å². The van der Waals surface area contributed by atoms with Gasteiger partial charge in [-0.3, -0.25) is 4.79 Å². The number of thiophene rings is 1. The zero-order valence-corrected chi connectivity index (χ0v) is 12.3. The lowest BCUT2D eigenvalue weighted by Gasteiger charge is -2.23. The summed E-state index contributed by atoms with van der Waals surface area (Å²) in [6.45, 7) is 3.96. The van der Waals surface area contributed by atoms with Gasteiger partial charge in [0.1, 0.15) is 0 Å². The molecule has 1 aromatic rings. The number of piperidine rings is 1. The highest BCUT2D eigenvalue weighted by atomic mass is 35.5. The minimum absolute atomic E-state index is 0. The third-order valence-electron chi connectivity index (χ3n) is 3.14. The molecule has 1 amide bonds. The number of amides is 1. The fourth-order valence-electron chi connectivity index (χ4n) is 2.22. The highest BCUT2D eigenvalue weighted by Crippen LogP contribution is 2.13. The van der Waals surface area contributed by atoms with Crippen LogP contribution in [0.3, 0.4) is 0 Å². The van der Waals surface area contributed by atoms with Crippen molar-refractivity contribution in [2.75, 3.05) is 13.1 Å². The van der Waals surface area contributed by atoms with Crippen molar-refractivity contribution >= 4 is 29.7 Å². The van der Waals surface area contributed by atoms with Crippen molar-refractivity contribution in [3.8, 4) is 0 Å². The summed E-state index contributed by atoms with van der Waals surface area (Å²) in [5, 5.41) is 8.47. The standard InChI is InChI=1S/C13H20N2OS.ClH/c1-10(8-12-5-3-7-17-12)15-13(16)11-4-2-6-14-9-11;/h3,5,7,10-11,14H,2,4,6,8-9H2,1H3,(H,15,16);1H. The molecule has 2 rings (SSSR count). The maximum absolute atomic E-state index is 12.0. The normalized spacial score (nSPS) is 20.8. The van der Waals surface area contributed by atoms with Crippen LogP contribution in [0.2, 0.25) is 0 Å². The topological polar surface area (TPSA) is 41.1 Å². The SMILES string of the molecule is CC(Cc1cccs1)NC(=O)C1CCCNC1.Cl. The predicted molar refractivity (Wildman–Crippen MR) is 78.5 cm³/mol. The average Bonchev–Trinajstić information content (AvgIpc) is 2.82. The molecule has 102 valence electrons. The maximum Gasteiger partial charge on any atom is 0.224 e. The molecule has 0 aromatic carbocycles. The first-order valence-electron chi connectivity index (χ1n) is 6.29. The molecule has 2 atom stereocenters. The molecule has 5 heteroatoms. The Morgan fingerprint density at radius 3 is 3.11 bits per heavy atom. The van der Waals surface area contributed by atoms with Crippen molar-refractivity contribution in [2.24, 2.45) is 5.92 Å². The van der Waals surface area contributed by atoms with E-state index in [4.69, 9.17) is 0 Å². The van der Waals surface area contributed by atoms with E-state index in [2.05, 4.69) is 35.1 Å². The summed E-state index contributed by atoms with van der Waals surface area (Å²) in [6, 6.07) is 4.40. The van der Waals surface area contributed by atoms with E-state index in [1.807, 2.05) is 0 Å². The fraction of sp³-hybridized carbons (Fsp3) is 0.615. The van der Waals surface area contributed by atoms with Crippen molar-refractivity contribution in [2.45, 2.75) is 32.2 Å². The van der Waals surface area contributed by atoms with Crippen LogP contribution in [0.4, 0.5) is 0 Å². The Hall–Kier alpha value is -0.580. The van der Waals surface area contributed by atoms with Gasteiger partial charge < -0.3 is 10.6 Å². The van der Waals surface area contributed by atoms with Crippen LogP contribution in [0.25, 0.3) is 0 Å². The summed E-state index contributed by atoms with van der Waals surface area (Å²) in [5.74, 6) is 0.371. The molecular formula is C13H21ClN2OS. The second-order valence-electron chi connectivity index (χ2n) is 4.74. The average molecular weight is 289 g/mol. The third-order valence-corrected chi connectivity index (χ3v) is 4.04. The Kier molecular flexibility index (Phi) is 6.68. The lowest BCUT2D eigenvalue weighted by molar-refractivity contribution is -0.126. The van der Waals surface area contributed by atoms with Gasteiger partial charge in [-0.05, 0) is 37.8 Å². The van der Waals surface area contributed by atoms with E-state index in [9.17, 15) is 4.79 Å². The van der Waals surface area contributed by atoms with Gasteiger partial charge in [0.25, 0.3) is 0 Å². The Morgan fingerprint density at radius 1 is 1.67 bits per heavy atom. The number of halogens is 1. The van der Waals surface area contributed by atoms with E-state index < -0.39 is 0 Å². The summed E-state index contributed by atoms with van der Waals surface area (Å²) in [6.07, 6.45) is 3.06. The summed E-state index contributed by atoms with van der Waals surface area (Å²) in [5.41, 5.74) is 0. The van der Waals surface area contributed by atoms with Crippen LogP contribution in [0.1, 0.15) is 24.6 Å². The number of hydrogen-bond donors (Lipinski definition) is 2. The van der Waals surface area contributed by atoms with Gasteiger partial charge in [-0.2, -0.15) is 0 Å². The van der Waals surface area contributed by atoms with Crippen LogP contribution in [0.15, 0.2) is 17.5 Å². The lowest BCUT2D eigenvalue weighted by atomic mass is 9.98. The number of nitrogens with one attached hydrogen (secondary N) is 2. The Bertz CT molecular complexity index is 350. The van der Waals surface area contributed by atoms with Gasteiger partial charge in [-0.15, -0.1) is 23.7 Å². The van der Waals surface area contributed by atoms with E-state index >= 15 is 0 Å². The first-order valence-corrected chi connectivity index (χ1v) is 7.17. The molecule has 0 aliphatic carbocycles. The van der Waals surface area contributed by atoms with Crippen molar-refractivity contribution in [1.29, 1.82) is 0 Å². The number of carbonyl (C=O) groups excluding carboxylic acids is 1. The number of hydrogen-bond acceptors (Lipinski definition) is 3. The zero-order chi connectivity index (χ0) is 12.1. The van der Waals surface area contributed by atoms with Crippen molar-refractivity contribution in [3.63, 3.8) is 0 Å². The van der Waals surface area contributed by atoms with Crippen LogP contribution < -0.4 is 10.6 Å². The Morgan fingerprint density at radius 2 is 2.50 bits per heavy atom. The minimum atomic E-state index is 0. The third kappa shape index (κ3) is 4.59. The minimum Gasteiger partial charge on any atom is -0.353 e. The molecule has 1 aromatic heterocycles. The van der Waals surface area contributed by atoms with E-state index in [1.54, 1.807) is 11.3 Å². The first-order chi connectivity index (χ1) is 8.25. The van der Waals surface area contributed by atoms with Crippen molar-refractivity contribution in [1.82, 2.24) is 10.6 Å². The van der Waals surface area contributed by atoms with E-state index in [0.717, 1.165) is 32.4 Å². The molecule has 0 bridgehead atoms. The second-order valence-corrected chi connectivity index (χ2v) is 5.77. The molecular weight excluding hydrogens is 268 g/mol. The Balaban J connectivity index is 0.00000162. The van der Waals surface area contributed by atoms with Gasteiger partial charge >= 0.3 is 0 Å². The van der Waals surface area contributed by atoms with Crippen LogP contribution in [-0.2, 0) is 11.2 Å². The van der Waals surface area contributed by atoms with Crippen molar-refractivity contribution < 1.29 is 4.79 Å². The number of rotatable bonds is 4. The second kappa shape index (κ2) is 7.77. The molecule has 2 unspecified atom stereocenters. The lowest BCUT2D eigenvalue weighted by Crippen LogP contribution is -2.44. The van der Waals surface area contributed by atoms with Crippen LogP contribution in [0.5, 0.6) is 0 Å².